The van der Waals surface area contributed by atoms with E-state index in [0.29, 0.717) is 25.7 Å². The van der Waals surface area contributed by atoms with Crippen LogP contribution in [-0.2, 0) is 4.79 Å². The van der Waals surface area contributed by atoms with E-state index >= 15 is 0 Å². The number of nitrogens with zero attached hydrogens (tertiary/aromatic N) is 1. The standard InChI is InChI=1S/C13H23NO3/c15-12(16)11-4-6-13(17,7-5-11)10-14-8-2-1-3-9-14/h11,17H,1-10H2,(H,15,16). The average molecular weight is 241 g/mol. The highest BCUT2D eigenvalue weighted by Crippen LogP contribution is 2.33. The number of likely N-dealkylation sites (tertiary alicyclic amines) is 1. The minimum atomic E-state index is -0.704. The average Bonchev–Trinajstić information content (AvgIpc) is 2.30. The van der Waals surface area contributed by atoms with Crippen molar-refractivity contribution in [3.8, 4) is 0 Å². The number of aliphatic hydroxyl groups is 1. The first-order valence-electron chi connectivity index (χ1n) is 6.77. The molecule has 98 valence electrons. The summed E-state index contributed by atoms with van der Waals surface area (Å²) in [6.07, 6.45) is 6.29. The number of rotatable bonds is 3. The number of hydrogen-bond acceptors (Lipinski definition) is 3. The number of β-amino-alcohol motifs (C(OH)–C–C–N with tert-alkyl or cyclic N) is 1. The highest BCUT2D eigenvalue weighted by Gasteiger charge is 2.37. The lowest BCUT2D eigenvalue weighted by molar-refractivity contribution is -0.145. The Morgan fingerprint density at radius 2 is 1.76 bits per heavy atom. The molecule has 1 saturated carbocycles. The van der Waals surface area contributed by atoms with Gasteiger partial charge >= 0.3 is 5.97 Å². The minimum Gasteiger partial charge on any atom is -0.481 e. The zero-order valence-corrected chi connectivity index (χ0v) is 10.4. The summed E-state index contributed by atoms with van der Waals surface area (Å²) in [7, 11) is 0. The summed E-state index contributed by atoms with van der Waals surface area (Å²) in [5.74, 6) is -0.943. The second-order valence-electron chi connectivity index (χ2n) is 5.67. The minimum absolute atomic E-state index is 0.239. The van der Waals surface area contributed by atoms with E-state index in [9.17, 15) is 9.90 Å². The summed E-state index contributed by atoms with van der Waals surface area (Å²) in [6.45, 7) is 2.91. The van der Waals surface area contributed by atoms with Crippen molar-refractivity contribution in [3.63, 3.8) is 0 Å². The summed E-state index contributed by atoms with van der Waals surface area (Å²) < 4.78 is 0. The Morgan fingerprint density at radius 1 is 1.18 bits per heavy atom. The fourth-order valence-electron chi connectivity index (χ4n) is 3.09. The fourth-order valence-corrected chi connectivity index (χ4v) is 3.09. The molecule has 0 radical (unpaired) electrons. The Labute approximate surface area is 103 Å². The molecule has 0 aromatic heterocycles. The van der Waals surface area contributed by atoms with Crippen LogP contribution in [0.5, 0.6) is 0 Å². The third-order valence-electron chi connectivity index (χ3n) is 4.23. The van der Waals surface area contributed by atoms with Crippen molar-refractivity contribution in [2.45, 2.75) is 50.5 Å². The van der Waals surface area contributed by atoms with Crippen molar-refractivity contribution in [3.05, 3.63) is 0 Å². The maximum absolute atomic E-state index is 10.9. The molecular weight excluding hydrogens is 218 g/mol. The molecule has 1 saturated heterocycles. The molecule has 2 rings (SSSR count). The zero-order valence-electron chi connectivity index (χ0n) is 10.4. The van der Waals surface area contributed by atoms with Gasteiger partial charge in [0.25, 0.3) is 0 Å². The van der Waals surface area contributed by atoms with Crippen LogP contribution < -0.4 is 0 Å². The Bertz CT molecular complexity index is 266. The summed E-state index contributed by atoms with van der Waals surface area (Å²) >= 11 is 0. The lowest BCUT2D eigenvalue weighted by atomic mass is 9.78. The van der Waals surface area contributed by atoms with E-state index in [2.05, 4.69) is 4.90 Å². The van der Waals surface area contributed by atoms with Crippen molar-refractivity contribution in [1.29, 1.82) is 0 Å². The highest BCUT2D eigenvalue weighted by atomic mass is 16.4. The van der Waals surface area contributed by atoms with Crippen LogP contribution in [0.25, 0.3) is 0 Å². The first-order chi connectivity index (χ1) is 8.09. The van der Waals surface area contributed by atoms with Gasteiger partial charge in [0.1, 0.15) is 0 Å². The van der Waals surface area contributed by atoms with Crippen molar-refractivity contribution < 1.29 is 15.0 Å². The first kappa shape index (κ1) is 12.8. The van der Waals surface area contributed by atoms with Crippen molar-refractivity contribution >= 4 is 5.97 Å². The van der Waals surface area contributed by atoms with Gasteiger partial charge in [-0.1, -0.05) is 6.42 Å². The fraction of sp³-hybridized carbons (Fsp3) is 0.923. The molecule has 0 aromatic rings. The molecule has 0 atom stereocenters. The summed E-state index contributed by atoms with van der Waals surface area (Å²) in [6, 6.07) is 0. The Morgan fingerprint density at radius 3 is 2.29 bits per heavy atom. The normalized spacial score (nSPS) is 35.7. The topological polar surface area (TPSA) is 60.8 Å². The third-order valence-corrected chi connectivity index (χ3v) is 4.23. The summed E-state index contributed by atoms with van der Waals surface area (Å²) in [4.78, 5) is 13.2. The second-order valence-corrected chi connectivity index (χ2v) is 5.67. The van der Waals surface area contributed by atoms with Gasteiger partial charge in [-0.15, -0.1) is 0 Å². The summed E-state index contributed by atoms with van der Waals surface area (Å²) in [5.41, 5.74) is -0.636. The predicted molar refractivity (Wildman–Crippen MR) is 64.8 cm³/mol. The number of piperidine rings is 1. The molecule has 0 spiro atoms. The molecule has 0 amide bonds. The third kappa shape index (κ3) is 3.42. The largest absolute Gasteiger partial charge is 0.481 e. The number of hydrogen-bond donors (Lipinski definition) is 2. The van der Waals surface area contributed by atoms with Gasteiger partial charge in [0.15, 0.2) is 0 Å². The number of aliphatic carboxylic acids is 1. The van der Waals surface area contributed by atoms with E-state index < -0.39 is 11.6 Å². The number of carboxylic acid groups (broad SMARTS) is 1. The molecule has 2 N–H and O–H groups in total. The van der Waals surface area contributed by atoms with Gasteiger partial charge in [0.2, 0.25) is 0 Å². The number of carbonyl (C=O) groups is 1. The van der Waals surface area contributed by atoms with Crippen LogP contribution >= 0.6 is 0 Å². The molecule has 4 nitrogen and oxygen atoms in total. The monoisotopic (exact) mass is 241 g/mol. The van der Waals surface area contributed by atoms with Crippen LogP contribution in [0.1, 0.15) is 44.9 Å². The van der Waals surface area contributed by atoms with Crippen LogP contribution in [0.2, 0.25) is 0 Å². The molecule has 0 aromatic carbocycles. The van der Waals surface area contributed by atoms with Gasteiger partial charge in [0.05, 0.1) is 11.5 Å². The van der Waals surface area contributed by atoms with E-state index in [1.54, 1.807) is 0 Å². The molecule has 2 aliphatic rings. The SMILES string of the molecule is O=C(O)C1CCC(O)(CN2CCCCC2)CC1. The highest BCUT2D eigenvalue weighted by molar-refractivity contribution is 5.70. The van der Waals surface area contributed by atoms with E-state index in [4.69, 9.17) is 5.11 Å². The van der Waals surface area contributed by atoms with Crippen molar-refractivity contribution in [1.82, 2.24) is 4.90 Å². The van der Waals surface area contributed by atoms with Crippen LogP contribution in [0.4, 0.5) is 0 Å². The molecule has 4 heteroatoms. The van der Waals surface area contributed by atoms with Gasteiger partial charge in [-0.3, -0.25) is 4.79 Å². The molecule has 1 aliphatic carbocycles. The van der Waals surface area contributed by atoms with Crippen molar-refractivity contribution in [2.75, 3.05) is 19.6 Å². The smallest absolute Gasteiger partial charge is 0.306 e. The first-order valence-corrected chi connectivity index (χ1v) is 6.77. The Balaban J connectivity index is 1.82. The molecular formula is C13H23NO3. The second kappa shape index (κ2) is 5.36. The van der Waals surface area contributed by atoms with Crippen LogP contribution in [-0.4, -0.2) is 46.3 Å². The van der Waals surface area contributed by atoms with Gasteiger partial charge < -0.3 is 15.1 Å². The molecule has 1 heterocycles. The molecule has 2 fully saturated rings. The Hall–Kier alpha value is -0.610. The van der Waals surface area contributed by atoms with Gasteiger partial charge in [0, 0.05) is 6.54 Å². The van der Waals surface area contributed by atoms with E-state index in [1.165, 1.54) is 19.3 Å². The molecule has 17 heavy (non-hydrogen) atoms. The van der Waals surface area contributed by atoms with E-state index in [1.807, 2.05) is 0 Å². The molecule has 1 aliphatic heterocycles. The summed E-state index contributed by atoms with van der Waals surface area (Å²) in [5, 5.41) is 19.4. The maximum Gasteiger partial charge on any atom is 0.306 e. The van der Waals surface area contributed by atoms with Gasteiger partial charge in [-0.25, -0.2) is 0 Å². The maximum atomic E-state index is 10.9. The predicted octanol–water partition coefficient (Wildman–Crippen LogP) is 1.48. The molecule has 0 bridgehead atoms. The molecule has 0 unspecified atom stereocenters. The quantitative estimate of drug-likeness (QED) is 0.785. The Kier molecular flexibility index (Phi) is 4.05. The van der Waals surface area contributed by atoms with Crippen LogP contribution in [0.15, 0.2) is 0 Å². The van der Waals surface area contributed by atoms with Crippen LogP contribution in [0, 0.1) is 5.92 Å². The lowest BCUT2D eigenvalue weighted by Gasteiger charge is -2.39. The zero-order chi connectivity index (χ0) is 12.3. The lowest BCUT2D eigenvalue weighted by Crippen LogP contribution is -2.47. The van der Waals surface area contributed by atoms with E-state index in [-0.39, 0.29) is 5.92 Å². The van der Waals surface area contributed by atoms with Gasteiger partial charge in [-0.2, -0.15) is 0 Å². The van der Waals surface area contributed by atoms with Crippen molar-refractivity contribution in [2.24, 2.45) is 5.92 Å². The van der Waals surface area contributed by atoms with E-state index in [0.717, 1.165) is 19.6 Å². The number of carboxylic acids is 1. The van der Waals surface area contributed by atoms with Gasteiger partial charge in [-0.05, 0) is 51.6 Å². The van der Waals surface area contributed by atoms with Crippen LogP contribution in [0.3, 0.4) is 0 Å².